The molecule has 0 saturated heterocycles. The Morgan fingerprint density at radius 1 is 1.50 bits per heavy atom. The number of carbonyl (C=O) groups is 1. The number of hydrogen-bond donors (Lipinski definition) is 0. The van der Waals surface area contributed by atoms with Crippen LogP contribution in [0.5, 0.6) is 0 Å². The highest BCUT2D eigenvalue weighted by Gasteiger charge is 2.46. The molecule has 0 bridgehead atoms. The van der Waals surface area contributed by atoms with Gasteiger partial charge in [-0.05, 0) is 36.8 Å². The lowest BCUT2D eigenvalue weighted by Gasteiger charge is -2.47. The number of rotatable bonds is 2. The Morgan fingerprint density at radius 3 is 2.91 bits per heavy atom. The van der Waals surface area contributed by atoms with E-state index in [2.05, 4.69) is 33.4 Å². The van der Waals surface area contributed by atoms with Gasteiger partial charge in [0.15, 0.2) is 0 Å². The molecule has 2 aliphatic rings. The maximum atomic E-state index is 11.9. The first-order valence-corrected chi connectivity index (χ1v) is 7.94. The molecule has 0 radical (unpaired) electrons. The van der Waals surface area contributed by atoms with E-state index in [0.29, 0.717) is 5.57 Å². The topological polar surface area (TPSA) is 39.4 Å². The predicted octanol–water partition coefficient (Wildman–Crippen LogP) is 4.15. The zero-order valence-electron chi connectivity index (χ0n) is 13.9. The summed E-state index contributed by atoms with van der Waals surface area (Å²) in [6, 6.07) is 0. The lowest BCUT2D eigenvalue weighted by Crippen LogP contribution is -2.44. The van der Waals surface area contributed by atoms with Crippen molar-refractivity contribution in [3.63, 3.8) is 0 Å². The van der Waals surface area contributed by atoms with E-state index >= 15 is 0 Å². The van der Waals surface area contributed by atoms with Gasteiger partial charge >= 0.3 is 5.97 Å². The fourth-order valence-corrected chi connectivity index (χ4v) is 3.78. The molecule has 22 heavy (non-hydrogen) atoms. The van der Waals surface area contributed by atoms with E-state index in [-0.39, 0.29) is 23.4 Å². The Labute approximate surface area is 132 Å². The molecule has 0 spiro atoms. The van der Waals surface area contributed by atoms with Crippen LogP contribution in [-0.2, 0) is 22.4 Å². The third kappa shape index (κ3) is 2.23. The first-order valence-electron chi connectivity index (χ1n) is 7.94. The SMILES string of the molecule is C=C(C)C(=O)OC1CC=C2Cc3occ(C)c3CC2(C)C1C. The number of fused-ring (bicyclic) bond motifs is 2. The van der Waals surface area contributed by atoms with Gasteiger partial charge in [-0.15, -0.1) is 0 Å². The van der Waals surface area contributed by atoms with Crippen LogP contribution in [0.4, 0.5) is 0 Å². The second kappa shape index (κ2) is 5.15. The highest BCUT2D eigenvalue weighted by Crippen LogP contribution is 2.50. The minimum absolute atomic E-state index is 0.0277. The number of hydrogen-bond acceptors (Lipinski definition) is 3. The van der Waals surface area contributed by atoms with Crippen molar-refractivity contribution < 1.29 is 13.9 Å². The standard InChI is InChI=1S/C19H24O3/c1-11(2)18(20)22-16-7-6-14-8-17-15(12(3)10-21-17)9-19(14,5)13(16)4/h6,10,13,16H,1,7-9H2,2-5H3. The lowest BCUT2D eigenvalue weighted by atomic mass is 9.59. The maximum Gasteiger partial charge on any atom is 0.333 e. The summed E-state index contributed by atoms with van der Waals surface area (Å²) < 4.78 is 11.4. The van der Waals surface area contributed by atoms with Crippen molar-refractivity contribution in [2.45, 2.75) is 53.1 Å². The van der Waals surface area contributed by atoms with Gasteiger partial charge in [0.2, 0.25) is 0 Å². The molecular formula is C19H24O3. The summed E-state index contributed by atoms with van der Waals surface area (Å²) >= 11 is 0. The van der Waals surface area contributed by atoms with Gasteiger partial charge in [0.25, 0.3) is 0 Å². The van der Waals surface area contributed by atoms with Crippen LogP contribution < -0.4 is 0 Å². The molecule has 0 saturated carbocycles. The van der Waals surface area contributed by atoms with Crippen LogP contribution in [0.15, 0.2) is 34.5 Å². The van der Waals surface area contributed by atoms with Crippen molar-refractivity contribution in [2.24, 2.45) is 11.3 Å². The molecule has 1 aromatic heterocycles. The molecule has 0 fully saturated rings. The Bertz CT molecular complexity index is 664. The van der Waals surface area contributed by atoms with Crippen LogP contribution in [0.25, 0.3) is 0 Å². The number of allylic oxidation sites excluding steroid dienone is 1. The average Bonchev–Trinajstić information content (AvgIpc) is 2.81. The second-order valence-corrected chi connectivity index (χ2v) is 7.07. The summed E-state index contributed by atoms with van der Waals surface area (Å²) in [4.78, 5) is 11.9. The molecule has 1 heterocycles. The molecule has 3 rings (SSSR count). The zero-order chi connectivity index (χ0) is 16.1. The van der Waals surface area contributed by atoms with Crippen molar-refractivity contribution in [1.29, 1.82) is 0 Å². The van der Waals surface area contributed by atoms with Crippen LogP contribution in [0, 0.1) is 18.3 Å². The molecule has 3 unspecified atom stereocenters. The summed E-state index contributed by atoms with van der Waals surface area (Å²) in [5.74, 6) is 1.09. The van der Waals surface area contributed by atoms with Crippen molar-refractivity contribution in [3.8, 4) is 0 Å². The van der Waals surface area contributed by atoms with E-state index in [4.69, 9.17) is 9.15 Å². The van der Waals surface area contributed by atoms with Gasteiger partial charge in [0.1, 0.15) is 11.9 Å². The Kier molecular flexibility index (Phi) is 3.54. The van der Waals surface area contributed by atoms with Gasteiger partial charge < -0.3 is 9.15 Å². The number of esters is 1. The summed E-state index contributed by atoms with van der Waals surface area (Å²) in [7, 11) is 0. The molecule has 0 aromatic carbocycles. The molecule has 118 valence electrons. The molecule has 1 aromatic rings. The van der Waals surface area contributed by atoms with E-state index in [1.807, 2.05) is 6.26 Å². The van der Waals surface area contributed by atoms with E-state index in [9.17, 15) is 4.79 Å². The van der Waals surface area contributed by atoms with Crippen LogP contribution in [0.2, 0.25) is 0 Å². The molecule has 0 amide bonds. The Balaban J connectivity index is 1.89. The highest BCUT2D eigenvalue weighted by atomic mass is 16.5. The Morgan fingerprint density at radius 2 is 2.23 bits per heavy atom. The van der Waals surface area contributed by atoms with E-state index in [1.54, 1.807) is 6.92 Å². The van der Waals surface area contributed by atoms with Gasteiger partial charge in [0.05, 0.1) is 6.26 Å². The number of aryl methyl sites for hydroxylation is 1. The van der Waals surface area contributed by atoms with Gasteiger partial charge in [-0.2, -0.15) is 0 Å². The summed E-state index contributed by atoms with van der Waals surface area (Å²) in [6.07, 6.45) is 6.64. The highest BCUT2D eigenvalue weighted by molar-refractivity contribution is 5.87. The Hall–Kier alpha value is -1.77. The molecule has 2 aliphatic carbocycles. The summed E-state index contributed by atoms with van der Waals surface area (Å²) in [5.41, 5.74) is 4.47. The number of furan rings is 1. The van der Waals surface area contributed by atoms with Crippen molar-refractivity contribution in [2.75, 3.05) is 0 Å². The zero-order valence-corrected chi connectivity index (χ0v) is 13.9. The van der Waals surface area contributed by atoms with Gasteiger partial charge in [0, 0.05) is 24.3 Å². The maximum absolute atomic E-state index is 11.9. The van der Waals surface area contributed by atoms with Gasteiger partial charge in [-0.3, -0.25) is 0 Å². The van der Waals surface area contributed by atoms with Crippen molar-refractivity contribution in [3.05, 3.63) is 47.0 Å². The van der Waals surface area contributed by atoms with E-state index < -0.39 is 0 Å². The fourth-order valence-electron chi connectivity index (χ4n) is 3.78. The first-order chi connectivity index (χ1) is 10.3. The van der Waals surface area contributed by atoms with Gasteiger partial charge in [-0.1, -0.05) is 32.1 Å². The third-order valence-electron chi connectivity index (χ3n) is 5.59. The molecule has 0 N–H and O–H groups in total. The monoisotopic (exact) mass is 300 g/mol. The smallest absolute Gasteiger partial charge is 0.333 e. The largest absolute Gasteiger partial charge is 0.468 e. The minimum Gasteiger partial charge on any atom is -0.468 e. The van der Waals surface area contributed by atoms with E-state index in [0.717, 1.165) is 25.0 Å². The molecule has 3 heteroatoms. The summed E-state index contributed by atoms with van der Waals surface area (Å²) in [6.45, 7) is 12.0. The molecule has 0 aliphatic heterocycles. The third-order valence-corrected chi connectivity index (χ3v) is 5.59. The predicted molar refractivity (Wildman–Crippen MR) is 85.5 cm³/mol. The number of ether oxygens (including phenoxy) is 1. The van der Waals surface area contributed by atoms with E-state index in [1.165, 1.54) is 16.7 Å². The fraction of sp³-hybridized carbons (Fsp3) is 0.526. The molecule has 3 atom stereocenters. The normalized spacial score (nSPS) is 30.1. The second-order valence-electron chi connectivity index (χ2n) is 7.07. The molecular weight excluding hydrogens is 276 g/mol. The van der Waals surface area contributed by atoms with Crippen molar-refractivity contribution in [1.82, 2.24) is 0 Å². The minimum atomic E-state index is -0.284. The summed E-state index contributed by atoms with van der Waals surface area (Å²) in [5, 5.41) is 0. The van der Waals surface area contributed by atoms with Crippen LogP contribution in [0.3, 0.4) is 0 Å². The number of carbonyl (C=O) groups excluding carboxylic acids is 1. The van der Waals surface area contributed by atoms with Crippen LogP contribution in [-0.4, -0.2) is 12.1 Å². The lowest BCUT2D eigenvalue weighted by molar-refractivity contribution is -0.149. The van der Waals surface area contributed by atoms with Crippen LogP contribution >= 0.6 is 0 Å². The quantitative estimate of drug-likeness (QED) is 0.468. The average molecular weight is 300 g/mol. The van der Waals surface area contributed by atoms with Gasteiger partial charge in [-0.25, -0.2) is 4.79 Å². The van der Waals surface area contributed by atoms with Crippen molar-refractivity contribution >= 4 is 5.97 Å². The van der Waals surface area contributed by atoms with Crippen LogP contribution in [0.1, 0.15) is 44.1 Å². The first kappa shape index (κ1) is 15.1. The molecule has 3 nitrogen and oxygen atoms in total.